The van der Waals surface area contributed by atoms with E-state index in [0.29, 0.717) is 6.04 Å². The van der Waals surface area contributed by atoms with Crippen LogP contribution < -0.4 is 25.0 Å². The summed E-state index contributed by atoms with van der Waals surface area (Å²) in [6.45, 7) is 4.90. The Morgan fingerprint density at radius 3 is 2.31 bits per heavy atom. The molecule has 2 aromatic rings. The lowest BCUT2D eigenvalue weighted by molar-refractivity contribution is 0.393. The molecule has 1 saturated heterocycles. The summed E-state index contributed by atoms with van der Waals surface area (Å²) in [6.07, 6.45) is 2.11. The number of halogens is 1. The second-order valence-corrected chi connectivity index (χ2v) is 8.29. The van der Waals surface area contributed by atoms with E-state index in [0.717, 1.165) is 55.6 Å². The van der Waals surface area contributed by atoms with Crippen LogP contribution >= 0.6 is 35.3 Å². The molecule has 1 aliphatic rings. The fourth-order valence-electron chi connectivity index (χ4n) is 3.40. The maximum absolute atomic E-state index is 5.40. The van der Waals surface area contributed by atoms with Crippen LogP contribution in [0.5, 0.6) is 11.5 Å². The highest BCUT2D eigenvalue weighted by atomic mass is 127. The summed E-state index contributed by atoms with van der Waals surface area (Å²) in [6, 6.07) is 10.8. The van der Waals surface area contributed by atoms with Gasteiger partial charge >= 0.3 is 0 Å². The molecular weight excluding hydrogens is 499 g/mol. The zero-order valence-corrected chi connectivity index (χ0v) is 20.7. The van der Waals surface area contributed by atoms with Gasteiger partial charge in [0.25, 0.3) is 0 Å². The van der Waals surface area contributed by atoms with Crippen molar-refractivity contribution in [2.75, 3.05) is 39.3 Å². The summed E-state index contributed by atoms with van der Waals surface area (Å²) < 4.78 is 10.8. The molecule has 2 N–H and O–H groups in total. The van der Waals surface area contributed by atoms with Crippen molar-refractivity contribution in [2.45, 2.75) is 32.4 Å². The molecule has 1 fully saturated rings. The summed E-state index contributed by atoms with van der Waals surface area (Å²) in [5.41, 5.74) is 1.14. The number of piperidine rings is 1. The zero-order valence-electron chi connectivity index (χ0n) is 17.5. The van der Waals surface area contributed by atoms with E-state index in [4.69, 9.17) is 9.47 Å². The van der Waals surface area contributed by atoms with Crippen LogP contribution in [0.4, 0.5) is 5.69 Å². The van der Waals surface area contributed by atoms with E-state index < -0.39 is 0 Å². The normalized spacial score (nSPS) is 14.9. The Morgan fingerprint density at radius 1 is 1.14 bits per heavy atom. The number of nitrogens with one attached hydrogen (secondary N) is 2. The van der Waals surface area contributed by atoms with E-state index in [-0.39, 0.29) is 24.0 Å². The maximum Gasteiger partial charge on any atom is 0.191 e. The number of thiophene rings is 1. The SMILES string of the molecule is CN=C(NCc1ccc(C)s1)NC1CCN(c2cc(OC)cc(OC)c2)CC1.I. The molecule has 0 spiro atoms. The number of anilines is 1. The molecule has 0 amide bonds. The third-order valence-corrected chi connectivity index (χ3v) is 5.99. The van der Waals surface area contributed by atoms with Crippen molar-refractivity contribution in [1.29, 1.82) is 0 Å². The van der Waals surface area contributed by atoms with Gasteiger partial charge in [-0.2, -0.15) is 0 Å². The Balaban J connectivity index is 0.00000300. The van der Waals surface area contributed by atoms with Crippen LogP contribution in [0, 0.1) is 6.92 Å². The Labute approximate surface area is 194 Å². The first-order valence-corrected chi connectivity index (χ1v) is 10.4. The minimum absolute atomic E-state index is 0. The number of aryl methyl sites for hydroxylation is 1. The minimum atomic E-state index is 0. The number of hydrogen-bond acceptors (Lipinski definition) is 5. The van der Waals surface area contributed by atoms with Gasteiger partial charge < -0.3 is 25.0 Å². The molecule has 160 valence electrons. The number of guanidine groups is 1. The van der Waals surface area contributed by atoms with Gasteiger partial charge in [0.05, 0.1) is 20.8 Å². The van der Waals surface area contributed by atoms with Crippen molar-refractivity contribution in [3.63, 3.8) is 0 Å². The molecule has 0 bridgehead atoms. The summed E-state index contributed by atoms with van der Waals surface area (Å²) in [7, 11) is 5.20. The van der Waals surface area contributed by atoms with Crippen molar-refractivity contribution in [2.24, 2.45) is 4.99 Å². The lowest BCUT2D eigenvalue weighted by Gasteiger charge is -2.34. The zero-order chi connectivity index (χ0) is 19.9. The van der Waals surface area contributed by atoms with Crippen LogP contribution in [-0.2, 0) is 6.54 Å². The van der Waals surface area contributed by atoms with Gasteiger partial charge in [0.1, 0.15) is 11.5 Å². The van der Waals surface area contributed by atoms with Crippen molar-refractivity contribution >= 4 is 47.0 Å². The molecule has 0 aliphatic carbocycles. The monoisotopic (exact) mass is 530 g/mol. The Bertz CT molecular complexity index is 781. The van der Waals surface area contributed by atoms with Gasteiger partial charge in [-0.05, 0) is 31.9 Å². The third-order valence-electron chi connectivity index (χ3n) is 4.99. The first-order chi connectivity index (χ1) is 13.6. The largest absolute Gasteiger partial charge is 0.497 e. The number of rotatable bonds is 6. The van der Waals surface area contributed by atoms with E-state index in [2.05, 4.69) is 51.7 Å². The first-order valence-electron chi connectivity index (χ1n) is 9.61. The summed E-state index contributed by atoms with van der Waals surface area (Å²) in [5.74, 6) is 2.51. The summed E-state index contributed by atoms with van der Waals surface area (Å²) in [5, 5.41) is 6.99. The molecule has 0 saturated carbocycles. The van der Waals surface area contributed by atoms with Gasteiger partial charge in [0, 0.05) is 59.8 Å². The van der Waals surface area contributed by atoms with Crippen LogP contribution in [-0.4, -0.2) is 46.4 Å². The standard InChI is InChI=1S/C21H30N4O2S.HI/c1-15-5-6-20(28-15)14-23-21(22-2)24-16-7-9-25(10-8-16)17-11-18(26-3)13-19(12-17)27-4;/h5-6,11-13,16H,7-10,14H2,1-4H3,(H2,22,23,24);1H. The Morgan fingerprint density at radius 2 is 1.79 bits per heavy atom. The number of nitrogens with zero attached hydrogens (tertiary/aromatic N) is 2. The highest BCUT2D eigenvalue weighted by Crippen LogP contribution is 2.30. The quantitative estimate of drug-likeness (QED) is 0.336. The summed E-state index contributed by atoms with van der Waals surface area (Å²) >= 11 is 1.82. The number of aliphatic imine (C=N–C) groups is 1. The predicted molar refractivity (Wildman–Crippen MR) is 133 cm³/mol. The van der Waals surface area contributed by atoms with Gasteiger partial charge in [-0.15, -0.1) is 35.3 Å². The average Bonchev–Trinajstić information content (AvgIpc) is 3.16. The fraction of sp³-hybridized carbons (Fsp3) is 0.476. The first kappa shape index (κ1) is 23.6. The smallest absolute Gasteiger partial charge is 0.191 e. The lowest BCUT2D eigenvalue weighted by atomic mass is 10.0. The number of benzene rings is 1. The van der Waals surface area contributed by atoms with E-state index in [9.17, 15) is 0 Å². The Kier molecular flexibility index (Phi) is 9.35. The number of ether oxygens (including phenoxy) is 2. The van der Waals surface area contributed by atoms with Crippen molar-refractivity contribution in [3.05, 3.63) is 40.1 Å². The van der Waals surface area contributed by atoms with Gasteiger partial charge in [0.15, 0.2) is 5.96 Å². The molecule has 6 nitrogen and oxygen atoms in total. The van der Waals surface area contributed by atoms with Crippen molar-refractivity contribution < 1.29 is 9.47 Å². The molecule has 3 rings (SSSR count). The van der Waals surface area contributed by atoms with Crippen LogP contribution in [0.3, 0.4) is 0 Å². The molecule has 2 heterocycles. The maximum atomic E-state index is 5.40. The van der Waals surface area contributed by atoms with Gasteiger partial charge in [-0.1, -0.05) is 0 Å². The molecule has 0 atom stereocenters. The van der Waals surface area contributed by atoms with E-state index in [1.807, 2.05) is 24.5 Å². The predicted octanol–water partition coefficient (Wildman–Crippen LogP) is 4.03. The molecule has 29 heavy (non-hydrogen) atoms. The van der Waals surface area contributed by atoms with Crippen LogP contribution in [0.15, 0.2) is 35.3 Å². The third kappa shape index (κ3) is 6.67. The van der Waals surface area contributed by atoms with Crippen molar-refractivity contribution in [3.8, 4) is 11.5 Å². The Hall–Kier alpha value is -1.68. The molecule has 0 unspecified atom stereocenters. The molecule has 1 aromatic carbocycles. The highest BCUT2D eigenvalue weighted by molar-refractivity contribution is 14.0. The fourth-order valence-corrected chi connectivity index (χ4v) is 4.23. The second-order valence-electron chi connectivity index (χ2n) is 6.91. The van der Waals surface area contributed by atoms with Crippen LogP contribution in [0.2, 0.25) is 0 Å². The minimum Gasteiger partial charge on any atom is -0.497 e. The van der Waals surface area contributed by atoms with Crippen LogP contribution in [0.1, 0.15) is 22.6 Å². The van der Waals surface area contributed by atoms with Gasteiger partial charge in [-0.25, -0.2) is 0 Å². The number of methoxy groups -OCH3 is 2. The van der Waals surface area contributed by atoms with E-state index in [1.165, 1.54) is 9.75 Å². The second kappa shape index (κ2) is 11.5. The average molecular weight is 530 g/mol. The molecule has 1 aromatic heterocycles. The molecule has 1 aliphatic heterocycles. The highest BCUT2D eigenvalue weighted by Gasteiger charge is 2.21. The topological polar surface area (TPSA) is 58.1 Å². The lowest BCUT2D eigenvalue weighted by Crippen LogP contribution is -2.48. The summed E-state index contributed by atoms with van der Waals surface area (Å²) in [4.78, 5) is 9.42. The molecular formula is C21H31IN4O2S. The van der Waals surface area contributed by atoms with Gasteiger partial charge in [-0.3, -0.25) is 4.99 Å². The molecule has 8 heteroatoms. The van der Waals surface area contributed by atoms with Crippen molar-refractivity contribution in [1.82, 2.24) is 10.6 Å². The van der Waals surface area contributed by atoms with E-state index in [1.54, 1.807) is 14.2 Å². The van der Waals surface area contributed by atoms with Gasteiger partial charge in [0.2, 0.25) is 0 Å². The molecule has 0 radical (unpaired) electrons. The van der Waals surface area contributed by atoms with Crippen LogP contribution in [0.25, 0.3) is 0 Å². The number of hydrogen-bond donors (Lipinski definition) is 2. The van der Waals surface area contributed by atoms with E-state index >= 15 is 0 Å².